The van der Waals surface area contributed by atoms with Crippen molar-refractivity contribution < 1.29 is 27.1 Å². The number of nitrogens with one attached hydrogen (secondary N) is 1. The molecular formula is C24H31BrFN3O5S. The number of anilines is 1. The third-order valence-electron chi connectivity index (χ3n) is 5.91. The molecule has 11 heteroatoms. The van der Waals surface area contributed by atoms with Crippen LogP contribution in [0, 0.1) is 11.2 Å². The van der Waals surface area contributed by atoms with Crippen molar-refractivity contribution in [1.29, 1.82) is 5.41 Å². The van der Waals surface area contributed by atoms with Crippen molar-refractivity contribution in [3.8, 4) is 11.5 Å². The highest BCUT2D eigenvalue weighted by molar-refractivity contribution is 8.93. The van der Waals surface area contributed by atoms with E-state index in [2.05, 4.69) is 0 Å². The number of sulfonamides is 1. The molecule has 8 nitrogen and oxygen atoms in total. The maximum absolute atomic E-state index is 15.0. The van der Waals surface area contributed by atoms with Gasteiger partial charge in [-0.2, -0.15) is 0 Å². The highest BCUT2D eigenvalue weighted by Gasteiger charge is 2.33. The number of ketones is 1. The van der Waals surface area contributed by atoms with Gasteiger partial charge in [0.15, 0.2) is 23.1 Å². The van der Waals surface area contributed by atoms with Crippen molar-refractivity contribution in [2.45, 2.75) is 32.7 Å². The third-order valence-corrected chi connectivity index (χ3v) is 7.11. The molecule has 0 radical (unpaired) electrons. The fourth-order valence-corrected chi connectivity index (χ4v) is 4.29. The summed E-state index contributed by atoms with van der Waals surface area (Å²) in [4.78, 5) is 14.8. The van der Waals surface area contributed by atoms with E-state index in [1.165, 1.54) is 32.2 Å². The van der Waals surface area contributed by atoms with E-state index in [1.54, 1.807) is 18.2 Å². The Hall–Kier alpha value is -2.66. The van der Waals surface area contributed by atoms with Crippen LogP contribution in [0.5, 0.6) is 11.5 Å². The smallest absolute Gasteiger partial charge is 0.231 e. The summed E-state index contributed by atoms with van der Waals surface area (Å²) in [5.41, 5.74) is 1.75. The van der Waals surface area contributed by atoms with Crippen LogP contribution in [-0.2, 0) is 22.0 Å². The minimum Gasteiger partial charge on any atom is -0.493 e. The first-order chi connectivity index (χ1) is 15.7. The Labute approximate surface area is 216 Å². The molecule has 0 saturated carbocycles. The molecule has 2 aromatic rings. The number of nitrogens with zero attached hydrogens (tertiary/aromatic N) is 2. The van der Waals surface area contributed by atoms with Crippen LogP contribution in [0.2, 0.25) is 0 Å². The van der Waals surface area contributed by atoms with Gasteiger partial charge in [0.25, 0.3) is 0 Å². The summed E-state index contributed by atoms with van der Waals surface area (Å²) in [5.74, 6) is -1.02. The van der Waals surface area contributed by atoms with Gasteiger partial charge in [-0.15, -0.1) is 17.0 Å². The fourth-order valence-electron chi connectivity index (χ4n) is 3.80. The summed E-state index contributed by atoms with van der Waals surface area (Å²) in [6.45, 7) is 5.89. The predicted molar refractivity (Wildman–Crippen MR) is 140 cm³/mol. The molecule has 0 saturated heterocycles. The maximum atomic E-state index is 15.0. The average Bonchev–Trinajstić information content (AvgIpc) is 3.06. The quantitative estimate of drug-likeness (QED) is 0.501. The number of halogens is 2. The second kappa shape index (κ2) is 10.1. The first kappa shape index (κ1) is 28.6. The minimum absolute atomic E-state index is 0. The van der Waals surface area contributed by atoms with Crippen LogP contribution in [0.15, 0.2) is 24.3 Å². The van der Waals surface area contributed by atoms with E-state index >= 15 is 4.39 Å². The van der Waals surface area contributed by atoms with Crippen molar-refractivity contribution in [2.24, 2.45) is 0 Å². The Bertz CT molecular complexity index is 1270. The van der Waals surface area contributed by atoms with E-state index in [1.807, 2.05) is 20.8 Å². The molecule has 0 unspecified atom stereocenters. The van der Waals surface area contributed by atoms with Gasteiger partial charge in [-0.1, -0.05) is 20.8 Å². The molecule has 2 aromatic carbocycles. The van der Waals surface area contributed by atoms with Gasteiger partial charge in [0.05, 0.1) is 38.3 Å². The number of carbonyl (C=O) groups excluding carboxylic acids is 1. The number of methoxy groups -OCH3 is 2. The first-order valence-electron chi connectivity index (χ1n) is 10.6. The monoisotopic (exact) mass is 571 g/mol. The number of ether oxygens (including phenoxy) is 2. The lowest BCUT2D eigenvalue weighted by Gasteiger charge is -2.25. The van der Waals surface area contributed by atoms with Crippen LogP contribution >= 0.6 is 17.0 Å². The van der Waals surface area contributed by atoms with E-state index in [0.717, 1.165) is 16.1 Å². The molecular weight excluding hydrogens is 541 g/mol. The van der Waals surface area contributed by atoms with Crippen molar-refractivity contribution in [3.05, 3.63) is 52.3 Å². The van der Waals surface area contributed by atoms with E-state index < -0.39 is 15.8 Å². The molecule has 0 spiro atoms. The van der Waals surface area contributed by atoms with Gasteiger partial charge >= 0.3 is 0 Å². The molecule has 0 amide bonds. The summed E-state index contributed by atoms with van der Waals surface area (Å²) < 4.78 is 50.7. The zero-order valence-electron chi connectivity index (χ0n) is 20.9. The van der Waals surface area contributed by atoms with Gasteiger partial charge in [-0.05, 0) is 40.8 Å². The first-order valence-corrected chi connectivity index (χ1v) is 12.4. The number of amidine groups is 1. The zero-order chi connectivity index (χ0) is 25.6. The number of carbonyl (C=O) groups is 1. The molecule has 1 N–H and O–H groups in total. The Morgan fingerprint density at radius 2 is 1.80 bits per heavy atom. The lowest BCUT2D eigenvalue weighted by Crippen LogP contribution is -2.31. The number of hydrogen-bond donors (Lipinski definition) is 1. The van der Waals surface area contributed by atoms with Crippen LogP contribution in [-0.4, -0.2) is 59.0 Å². The molecule has 1 heterocycles. The highest BCUT2D eigenvalue weighted by Crippen LogP contribution is 2.38. The Kier molecular flexibility index (Phi) is 8.28. The summed E-state index contributed by atoms with van der Waals surface area (Å²) >= 11 is 0. The number of fused-ring (bicyclic) bond motifs is 1. The summed E-state index contributed by atoms with van der Waals surface area (Å²) in [6.07, 6.45) is 1.10. The molecule has 0 bridgehead atoms. The predicted octanol–water partition coefficient (Wildman–Crippen LogP) is 4.14. The Morgan fingerprint density at radius 3 is 2.31 bits per heavy atom. The Balaban J connectivity index is 0.00000432. The van der Waals surface area contributed by atoms with Gasteiger partial charge in [-0.25, -0.2) is 12.8 Å². The largest absolute Gasteiger partial charge is 0.493 e. The number of hydrogen-bond acceptors (Lipinski definition) is 6. The van der Waals surface area contributed by atoms with Crippen LogP contribution < -0.4 is 13.8 Å². The van der Waals surface area contributed by atoms with Gasteiger partial charge in [0, 0.05) is 19.2 Å². The summed E-state index contributed by atoms with van der Waals surface area (Å²) in [6, 6.07) is 6.62. The number of rotatable bonds is 7. The van der Waals surface area contributed by atoms with E-state index in [0.29, 0.717) is 16.8 Å². The standard InChI is InChI=1S/C24H30FN3O5S.BrH/c1-24(2,3)16-8-14(9-17(11-16)27(4)34(7,30)31)18(29)13-28-12-15-10-19(32-5)22(33-6)21(25)20(15)23(28)26;/h8-11,26H,12-13H2,1-7H3;1H. The highest BCUT2D eigenvalue weighted by atomic mass is 79.9. The van der Waals surface area contributed by atoms with Gasteiger partial charge in [-0.3, -0.25) is 14.5 Å². The topological polar surface area (TPSA) is 100 Å². The Morgan fingerprint density at radius 1 is 1.17 bits per heavy atom. The van der Waals surface area contributed by atoms with E-state index in [9.17, 15) is 13.2 Å². The van der Waals surface area contributed by atoms with Gasteiger partial charge < -0.3 is 14.4 Å². The van der Waals surface area contributed by atoms with Crippen LogP contribution in [0.3, 0.4) is 0 Å². The molecule has 0 aromatic heterocycles. The van der Waals surface area contributed by atoms with E-state index in [-0.39, 0.29) is 64.2 Å². The molecule has 3 rings (SSSR count). The molecule has 0 atom stereocenters. The maximum Gasteiger partial charge on any atom is 0.231 e. The molecule has 192 valence electrons. The lowest BCUT2D eigenvalue weighted by molar-refractivity contribution is 0.0962. The normalized spacial score (nSPS) is 13.3. The molecule has 0 aliphatic carbocycles. The number of benzene rings is 2. The number of Topliss-reactive ketones (excluding diaryl/α,β-unsaturated/α-hetero) is 1. The van der Waals surface area contributed by atoms with Crippen molar-refractivity contribution >= 4 is 44.3 Å². The van der Waals surface area contributed by atoms with Crippen molar-refractivity contribution in [2.75, 3.05) is 38.4 Å². The van der Waals surface area contributed by atoms with Gasteiger partial charge in [0.2, 0.25) is 10.0 Å². The molecule has 0 fully saturated rings. The summed E-state index contributed by atoms with van der Waals surface area (Å²) in [5, 5.41) is 8.47. The molecule has 1 aliphatic rings. The third kappa shape index (κ3) is 5.61. The molecule has 1 aliphatic heterocycles. The van der Waals surface area contributed by atoms with Crippen molar-refractivity contribution in [3.63, 3.8) is 0 Å². The van der Waals surface area contributed by atoms with Crippen LogP contribution in [0.1, 0.15) is 47.8 Å². The second-order valence-corrected chi connectivity index (χ2v) is 11.4. The second-order valence-electron chi connectivity index (χ2n) is 9.34. The zero-order valence-corrected chi connectivity index (χ0v) is 23.4. The van der Waals surface area contributed by atoms with E-state index in [4.69, 9.17) is 14.9 Å². The average molecular weight is 572 g/mol. The van der Waals surface area contributed by atoms with Gasteiger partial charge in [0.1, 0.15) is 5.84 Å². The SMILES string of the molecule is Br.COc1cc2c(c(F)c1OC)C(=N)N(CC(=O)c1cc(N(C)S(C)(=O)=O)cc(C(C)(C)C)c1)C2. The van der Waals surface area contributed by atoms with Crippen molar-refractivity contribution in [1.82, 2.24) is 4.90 Å². The van der Waals surface area contributed by atoms with Crippen LogP contribution in [0.4, 0.5) is 10.1 Å². The summed E-state index contributed by atoms with van der Waals surface area (Å²) in [7, 11) is 0.620. The lowest BCUT2D eigenvalue weighted by atomic mass is 9.85. The fraction of sp³-hybridized carbons (Fsp3) is 0.417. The minimum atomic E-state index is -3.53. The van der Waals surface area contributed by atoms with Crippen LogP contribution in [0.25, 0.3) is 0 Å². The molecule has 35 heavy (non-hydrogen) atoms.